The molecule has 1 amide bonds. The Labute approximate surface area is 155 Å². The molecule has 0 heterocycles. The van der Waals surface area contributed by atoms with E-state index in [0.29, 0.717) is 6.54 Å². The Balaban J connectivity index is 1.91. The SMILES string of the molecule is CCS(=O)(=O)CC(=O)N(Cc1ccc(C)cc1)C1CCc2ccccc21. The van der Waals surface area contributed by atoms with Gasteiger partial charge in [0.25, 0.3) is 0 Å². The maximum Gasteiger partial charge on any atom is 0.238 e. The van der Waals surface area contributed by atoms with Crippen molar-refractivity contribution in [1.29, 1.82) is 0 Å². The van der Waals surface area contributed by atoms with Crippen LogP contribution >= 0.6 is 0 Å². The predicted molar refractivity (Wildman–Crippen MR) is 104 cm³/mol. The number of aryl methyl sites for hydroxylation is 2. The Morgan fingerprint density at radius 1 is 1.12 bits per heavy atom. The van der Waals surface area contributed by atoms with Gasteiger partial charge in [0, 0.05) is 12.3 Å². The normalized spacial score (nSPS) is 16.3. The lowest BCUT2D eigenvalue weighted by molar-refractivity contribution is -0.131. The van der Waals surface area contributed by atoms with Gasteiger partial charge in [0.2, 0.25) is 5.91 Å². The average molecular weight is 372 g/mol. The molecule has 0 N–H and O–H groups in total. The Kier molecular flexibility index (Phi) is 5.47. The van der Waals surface area contributed by atoms with Gasteiger partial charge in [0.15, 0.2) is 9.84 Å². The van der Waals surface area contributed by atoms with Gasteiger partial charge in [-0.15, -0.1) is 0 Å². The van der Waals surface area contributed by atoms with E-state index < -0.39 is 15.6 Å². The van der Waals surface area contributed by atoms with Crippen LogP contribution < -0.4 is 0 Å². The molecule has 3 rings (SSSR count). The van der Waals surface area contributed by atoms with Crippen molar-refractivity contribution in [3.63, 3.8) is 0 Å². The number of amides is 1. The van der Waals surface area contributed by atoms with Crippen LogP contribution in [0.5, 0.6) is 0 Å². The zero-order valence-corrected chi connectivity index (χ0v) is 16.1. The summed E-state index contributed by atoms with van der Waals surface area (Å²) in [6.45, 7) is 4.03. The Morgan fingerprint density at radius 3 is 2.50 bits per heavy atom. The summed E-state index contributed by atoms with van der Waals surface area (Å²) in [7, 11) is -3.36. The van der Waals surface area contributed by atoms with Gasteiger partial charge in [0.05, 0.1) is 6.04 Å². The molecule has 2 aromatic carbocycles. The minimum atomic E-state index is -3.36. The molecule has 0 spiro atoms. The maximum absolute atomic E-state index is 12.9. The van der Waals surface area contributed by atoms with E-state index in [9.17, 15) is 13.2 Å². The number of rotatable bonds is 6. The molecule has 1 aliphatic carbocycles. The number of hydrogen-bond acceptors (Lipinski definition) is 3. The molecule has 5 heteroatoms. The molecule has 4 nitrogen and oxygen atoms in total. The van der Waals surface area contributed by atoms with Crippen molar-refractivity contribution in [2.24, 2.45) is 0 Å². The second kappa shape index (κ2) is 7.62. The molecule has 0 saturated carbocycles. The number of fused-ring (bicyclic) bond motifs is 1. The van der Waals surface area contributed by atoms with E-state index in [0.717, 1.165) is 29.5 Å². The summed E-state index contributed by atoms with van der Waals surface area (Å²) in [5, 5.41) is 0. The minimum absolute atomic E-state index is 0.0155. The van der Waals surface area contributed by atoms with E-state index in [1.165, 1.54) is 5.56 Å². The van der Waals surface area contributed by atoms with E-state index in [4.69, 9.17) is 0 Å². The third kappa shape index (κ3) is 4.15. The van der Waals surface area contributed by atoms with Crippen LogP contribution in [0, 0.1) is 6.92 Å². The monoisotopic (exact) mass is 371 g/mol. The second-order valence-electron chi connectivity index (χ2n) is 6.94. The van der Waals surface area contributed by atoms with Crippen LogP contribution in [0.3, 0.4) is 0 Å². The van der Waals surface area contributed by atoms with E-state index in [1.54, 1.807) is 11.8 Å². The highest BCUT2D eigenvalue weighted by molar-refractivity contribution is 7.92. The Hall–Kier alpha value is -2.14. The zero-order chi connectivity index (χ0) is 18.7. The molecule has 0 saturated heterocycles. The van der Waals surface area contributed by atoms with Crippen LogP contribution in [0.4, 0.5) is 0 Å². The summed E-state index contributed by atoms with van der Waals surface area (Å²) in [6, 6.07) is 16.1. The van der Waals surface area contributed by atoms with Crippen molar-refractivity contribution in [3.05, 3.63) is 70.8 Å². The second-order valence-corrected chi connectivity index (χ2v) is 9.29. The van der Waals surface area contributed by atoms with Gasteiger partial charge in [-0.1, -0.05) is 61.0 Å². The van der Waals surface area contributed by atoms with E-state index >= 15 is 0 Å². The number of carbonyl (C=O) groups excluding carboxylic acids is 1. The Morgan fingerprint density at radius 2 is 1.81 bits per heavy atom. The highest BCUT2D eigenvalue weighted by Crippen LogP contribution is 2.36. The highest BCUT2D eigenvalue weighted by Gasteiger charge is 2.32. The highest BCUT2D eigenvalue weighted by atomic mass is 32.2. The quantitative estimate of drug-likeness (QED) is 0.781. The molecular formula is C21H25NO3S. The summed E-state index contributed by atoms with van der Waals surface area (Å²) in [5.41, 5.74) is 4.56. The van der Waals surface area contributed by atoms with Gasteiger partial charge in [-0.05, 0) is 36.5 Å². The molecule has 1 atom stereocenters. The van der Waals surface area contributed by atoms with Crippen molar-refractivity contribution >= 4 is 15.7 Å². The molecule has 0 aromatic heterocycles. The molecule has 0 radical (unpaired) electrons. The molecule has 26 heavy (non-hydrogen) atoms. The van der Waals surface area contributed by atoms with Gasteiger partial charge >= 0.3 is 0 Å². The first-order valence-corrected chi connectivity index (χ1v) is 10.8. The summed E-state index contributed by atoms with van der Waals surface area (Å²) >= 11 is 0. The number of sulfone groups is 1. The maximum atomic E-state index is 12.9. The summed E-state index contributed by atoms with van der Waals surface area (Å²) in [5.74, 6) is -0.749. The lowest BCUT2D eigenvalue weighted by Gasteiger charge is -2.30. The van der Waals surface area contributed by atoms with Crippen LogP contribution in [-0.4, -0.2) is 30.7 Å². The van der Waals surface area contributed by atoms with E-state index in [-0.39, 0.29) is 17.7 Å². The fraction of sp³-hybridized carbons (Fsp3) is 0.381. The fourth-order valence-electron chi connectivity index (χ4n) is 3.49. The van der Waals surface area contributed by atoms with Gasteiger partial charge in [-0.2, -0.15) is 0 Å². The van der Waals surface area contributed by atoms with Crippen molar-refractivity contribution in [1.82, 2.24) is 4.90 Å². The lowest BCUT2D eigenvalue weighted by Crippen LogP contribution is -2.38. The molecule has 1 unspecified atom stereocenters. The van der Waals surface area contributed by atoms with Gasteiger partial charge in [0.1, 0.15) is 5.75 Å². The topological polar surface area (TPSA) is 54.5 Å². The van der Waals surface area contributed by atoms with E-state index in [1.807, 2.05) is 43.3 Å². The van der Waals surface area contributed by atoms with E-state index in [2.05, 4.69) is 12.1 Å². The number of carbonyl (C=O) groups is 1. The Bertz CT molecular complexity index is 888. The van der Waals surface area contributed by atoms with Crippen LogP contribution in [0.25, 0.3) is 0 Å². The number of benzene rings is 2. The summed E-state index contributed by atoms with van der Waals surface area (Å²) in [6.07, 6.45) is 1.75. The molecule has 138 valence electrons. The standard InChI is InChI=1S/C21H25NO3S/c1-3-26(24,25)15-21(23)22(14-17-10-8-16(2)9-11-17)20-13-12-18-6-4-5-7-19(18)20/h4-11,20H,3,12-15H2,1-2H3. The summed E-state index contributed by atoms with van der Waals surface area (Å²) < 4.78 is 24.0. The summed E-state index contributed by atoms with van der Waals surface area (Å²) in [4.78, 5) is 14.7. The van der Waals surface area contributed by atoms with Gasteiger partial charge in [-0.3, -0.25) is 4.79 Å². The van der Waals surface area contributed by atoms with Crippen LogP contribution in [0.1, 0.15) is 41.6 Å². The number of hydrogen-bond donors (Lipinski definition) is 0. The smallest absolute Gasteiger partial charge is 0.238 e. The largest absolute Gasteiger partial charge is 0.330 e. The van der Waals surface area contributed by atoms with Crippen molar-refractivity contribution in [3.8, 4) is 0 Å². The molecule has 2 aromatic rings. The van der Waals surface area contributed by atoms with Crippen molar-refractivity contribution in [2.45, 2.75) is 39.3 Å². The molecular weight excluding hydrogens is 346 g/mol. The average Bonchev–Trinajstić information content (AvgIpc) is 3.04. The zero-order valence-electron chi connectivity index (χ0n) is 15.3. The van der Waals surface area contributed by atoms with Crippen LogP contribution in [0.15, 0.2) is 48.5 Å². The molecule has 1 aliphatic rings. The van der Waals surface area contributed by atoms with Gasteiger partial charge in [-0.25, -0.2) is 8.42 Å². The van der Waals surface area contributed by atoms with Crippen molar-refractivity contribution < 1.29 is 13.2 Å². The first-order chi connectivity index (χ1) is 12.4. The molecule has 0 bridgehead atoms. The third-order valence-electron chi connectivity index (χ3n) is 5.05. The number of nitrogens with zero attached hydrogens (tertiary/aromatic N) is 1. The fourth-order valence-corrected chi connectivity index (χ4v) is 4.24. The lowest BCUT2D eigenvalue weighted by atomic mass is 10.1. The van der Waals surface area contributed by atoms with Crippen molar-refractivity contribution in [2.75, 3.05) is 11.5 Å². The first kappa shape index (κ1) is 18.6. The minimum Gasteiger partial charge on any atom is -0.330 e. The molecule has 0 aliphatic heterocycles. The predicted octanol–water partition coefficient (Wildman–Crippen LogP) is 3.45. The third-order valence-corrected chi connectivity index (χ3v) is 6.62. The van der Waals surface area contributed by atoms with Crippen LogP contribution in [-0.2, 0) is 27.6 Å². The molecule has 0 fully saturated rings. The van der Waals surface area contributed by atoms with Crippen LogP contribution in [0.2, 0.25) is 0 Å². The first-order valence-electron chi connectivity index (χ1n) is 9.03. The van der Waals surface area contributed by atoms with Gasteiger partial charge < -0.3 is 4.90 Å².